The summed E-state index contributed by atoms with van der Waals surface area (Å²) < 4.78 is 0. The zero-order chi connectivity index (χ0) is 27.6. The zero-order valence-electron chi connectivity index (χ0n) is 22.9. The predicted octanol–water partition coefficient (Wildman–Crippen LogP) is 3.13. The maximum Gasteiger partial charge on any atom is 0.169 e. The van der Waals surface area contributed by atoms with Gasteiger partial charge in [-0.3, -0.25) is 4.90 Å². The van der Waals surface area contributed by atoms with Crippen molar-refractivity contribution in [2.75, 3.05) is 48.3 Å². The molecule has 208 valence electrons. The van der Waals surface area contributed by atoms with Crippen molar-refractivity contribution in [2.45, 2.75) is 50.8 Å². The van der Waals surface area contributed by atoms with Gasteiger partial charge in [-0.05, 0) is 74.4 Å². The summed E-state index contributed by atoms with van der Waals surface area (Å²) in [6.07, 6.45) is 5.73. The molecule has 0 radical (unpaired) electrons. The number of rotatable bonds is 4. The molecule has 4 N–H and O–H groups in total. The molecule has 3 aromatic rings. The molecular formula is C31H37N7O2. The van der Waals surface area contributed by atoms with Crippen LogP contribution in [0.15, 0.2) is 48.7 Å². The highest BCUT2D eigenvalue weighted by molar-refractivity contribution is 5.74. The molecule has 2 bridgehead atoms. The van der Waals surface area contributed by atoms with Gasteiger partial charge in [-0.15, -0.1) is 10.2 Å². The van der Waals surface area contributed by atoms with Crippen LogP contribution in [0.2, 0.25) is 0 Å². The van der Waals surface area contributed by atoms with E-state index in [1.165, 1.54) is 0 Å². The van der Waals surface area contributed by atoms with E-state index in [-0.39, 0.29) is 17.8 Å². The number of nitrogens with zero attached hydrogens (tertiary/aromatic N) is 6. The van der Waals surface area contributed by atoms with E-state index in [0.717, 1.165) is 68.9 Å². The second kappa shape index (κ2) is 11.3. The lowest BCUT2D eigenvalue weighted by Gasteiger charge is -2.43. The molecule has 3 aliphatic rings. The Labute approximate surface area is 235 Å². The lowest BCUT2D eigenvalue weighted by Crippen LogP contribution is -2.54. The Morgan fingerprint density at radius 3 is 2.62 bits per heavy atom. The van der Waals surface area contributed by atoms with Crippen molar-refractivity contribution in [2.24, 2.45) is 5.92 Å². The first kappa shape index (κ1) is 26.4. The predicted molar refractivity (Wildman–Crippen MR) is 157 cm³/mol. The molecule has 3 fully saturated rings. The van der Waals surface area contributed by atoms with Crippen LogP contribution in [0.5, 0.6) is 5.75 Å². The first-order valence-corrected chi connectivity index (χ1v) is 14.3. The molecule has 5 heterocycles. The minimum atomic E-state index is -0.210. The van der Waals surface area contributed by atoms with E-state index in [4.69, 9.17) is 5.73 Å². The van der Waals surface area contributed by atoms with E-state index in [9.17, 15) is 10.2 Å². The van der Waals surface area contributed by atoms with Crippen molar-refractivity contribution < 1.29 is 10.2 Å². The van der Waals surface area contributed by atoms with Crippen LogP contribution in [0.4, 0.5) is 17.2 Å². The number of hydrogen-bond acceptors (Lipinski definition) is 9. The number of aromatic hydroxyl groups is 1. The van der Waals surface area contributed by atoms with Gasteiger partial charge >= 0.3 is 0 Å². The minimum Gasteiger partial charge on any atom is -0.507 e. The van der Waals surface area contributed by atoms with Gasteiger partial charge in [0.15, 0.2) is 5.82 Å². The smallest absolute Gasteiger partial charge is 0.169 e. The van der Waals surface area contributed by atoms with Crippen LogP contribution in [-0.2, 0) is 0 Å². The van der Waals surface area contributed by atoms with Crippen LogP contribution in [0, 0.1) is 17.8 Å². The Morgan fingerprint density at radius 1 is 1.02 bits per heavy atom. The van der Waals surface area contributed by atoms with E-state index >= 15 is 0 Å². The van der Waals surface area contributed by atoms with E-state index in [1.807, 2.05) is 24.4 Å². The van der Waals surface area contributed by atoms with E-state index in [1.54, 1.807) is 12.1 Å². The van der Waals surface area contributed by atoms with Crippen LogP contribution in [0.1, 0.15) is 38.3 Å². The first-order valence-electron chi connectivity index (χ1n) is 14.3. The Balaban J connectivity index is 1.16. The fourth-order valence-electron chi connectivity index (χ4n) is 6.45. The topological polar surface area (TPSA) is 115 Å². The third-order valence-electron chi connectivity index (χ3n) is 8.54. The lowest BCUT2D eigenvalue weighted by atomic mass is 10.0. The molecule has 6 rings (SSSR count). The largest absolute Gasteiger partial charge is 0.507 e. The maximum atomic E-state index is 10.3. The Hall–Kier alpha value is -3.87. The number of phenols is 1. The molecule has 0 amide bonds. The quantitative estimate of drug-likeness (QED) is 0.430. The van der Waals surface area contributed by atoms with Gasteiger partial charge in [-0.1, -0.05) is 25.0 Å². The highest BCUT2D eigenvalue weighted by atomic mass is 16.3. The molecule has 1 aromatic carbocycles. The number of anilines is 3. The number of hydrogen-bond donors (Lipinski definition) is 3. The highest BCUT2D eigenvalue weighted by Crippen LogP contribution is 2.39. The molecule has 0 aliphatic carbocycles. The Morgan fingerprint density at radius 2 is 1.82 bits per heavy atom. The molecule has 3 aliphatic heterocycles. The molecule has 4 unspecified atom stereocenters. The summed E-state index contributed by atoms with van der Waals surface area (Å²) in [7, 11) is 0. The fraction of sp³-hybridized carbons (Fsp3) is 0.452. The number of nitrogen functional groups attached to an aromatic ring is 1. The second-order valence-electron chi connectivity index (χ2n) is 11.3. The van der Waals surface area contributed by atoms with E-state index in [0.29, 0.717) is 35.7 Å². The number of nitrogens with two attached hydrogens (primary N) is 1. The van der Waals surface area contributed by atoms with Crippen LogP contribution in [0.3, 0.4) is 0 Å². The van der Waals surface area contributed by atoms with Gasteiger partial charge in [-0.2, -0.15) is 0 Å². The monoisotopic (exact) mass is 539 g/mol. The summed E-state index contributed by atoms with van der Waals surface area (Å²) >= 11 is 0. The number of likely N-dealkylation sites (tertiary alicyclic amines) is 1. The third kappa shape index (κ3) is 5.42. The van der Waals surface area contributed by atoms with E-state index in [2.05, 4.69) is 60.8 Å². The zero-order valence-corrected chi connectivity index (χ0v) is 22.9. The lowest BCUT2D eigenvalue weighted by molar-refractivity contribution is 0.106. The molecule has 3 saturated heterocycles. The Kier molecular flexibility index (Phi) is 7.46. The molecule has 0 saturated carbocycles. The molecule has 40 heavy (non-hydrogen) atoms. The van der Waals surface area contributed by atoms with E-state index < -0.39 is 0 Å². The average Bonchev–Trinajstić information content (AvgIpc) is 3.11. The first-order chi connectivity index (χ1) is 19.5. The summed E-state index contributed by atoms with van der Waals surface area (Å²) in [4.78, 5) is 11.7. The van der Waals surface area contributed by atoms with Crippen LogP contribution in [0.25, 0.3) is 11.3 Å². The number of pyridine rings is 1. The van der Waals surface area contributed by atoms with Gasteiger partial charge in [0, 0.05) is 49.2 Å². The number of aliphatic hydroxyl groups excluding tert-OH is 1. The SMILES string of the molecule is CC1CN(CC#Cc2cc(N3C4CCC3CN(c3cc(-c5ccccc5O)nnc3N)C4)ccn2)CCCC1O. The summed E-state index contributed by atoms with van der Waals surface area (Å²) in [6.45, 7) is 6.31. The molecule has 9 nitrogen and oxygen atoms in total. The summed E-state index contributed by atoms with van der Waals surface area (Å²) in [6, 6.07) is 14.0. The fourth-order valence-corrected chi connectivity index (χ4v) is 6.45. The van der Waals surface area contributed by atoms with Gasteiger partial charge in [0.2, 0.25) is 0 Å². The van der Waals surface area contributed by atoms with Crippen molar-refractivity contribution in [1.29, 1.82) is 0 Å². The number of piperazine rings is 1. The number of aromatic nitrogens is 3. The van der Waals surface area contributed by atoms with Crippen LogP contribution in [-0.4, -0.2) is 81.2 Å². The average molecular weight is 540 g/mol. The van der Waals surface area contributed by atoms with Crippen molar-refractivity contribution in [1.82, 2.24) is 20.1 Å². The van der Waals surface area contributed by atoms with Crippen molar-refractivity contribution in [3.8, 4) is 28.8 Å². The van der Waals surface area contributed by atoms with Gasteiger partial charge < -0.3 is 25.7 Å². The van der Waals surface area contributed by atoms with Gasteiger partial charge in [0.1, 0.15) is 11.4 Å². The molecule has 0 spiro atoms. The molecular weight excluding hydrogens is 502 g/mol. The number of para-hydroxylation sites is 1. The van der Waals surface area contributed by atoms with Crippen LogP contribution >= 0.6 is 0 Å². The number of fused-ring (bicyclic) bond motifs is 2. The van der Waals surface area contributed by atoms with Gasteiger partial charge in [-0.25, -0.2) is 4.98 Å². The van der Waals surface area contributed by atoms with Crippen molar-refractivity contribution >= 4 is 17.2 Å². The minimum absolute atomic E-state index is 0.175. The summed E-state index contributed by atoms with van der Waals surface area (Å²) in [5.74, 6) is 7.46. The summed E-state index contributed by atoms with van der Waals surface area (Å²) in [5.41, 5.74) is 10.4. The number of phenolic OH excluding ortho intramolecular Hbond substituents is 1. The van der Waals surface area contributed by atoms with Crippen LogP contribution < -0.4 is 15.5 Å². The Bertz CT molecular complexity index is 1410. The van der Waals surface area contributed by atoms with Crippen molar-refractivity contribution in [3.63, 3.8) is 0 Å². The maximum absolute atomic E-state index is 10.3. The number of aliphatic hydroxyl groups is 1. The molecule has 9 heteroatoms. The standard InChI is InChI=1S/C31H37N7O2/c1-21-18-36(15-5-9-29(21)39)14-4-6-22-16-23(12-13-33-22)38-24-10-11-25(38)20-37(19-24)28-17-27(34-35-31(28)32)26-7-2-3-8-30(26)40/h2-3,7-8,12-13,16-17,21,24-25,29,39-40H,5,9-11,14-15,18-20H2,1H3,(H2,32,35). The highest BCUT2D eigenvalue weighted by Gasteiger charge is 2.40. The van der Waals surface area contributed by atoms with Gasteiger partial charge in [0.05, 0.1) is 24.0 Å². The third-order valence-corrected chi connectivity index (χ3v) is 8.54. The van der Waals surface area contributed by atoms with Crippen molar-refractivity contribution in [3.05, 3.63) is 54.4 Å². The number of benzene rings is 1. The molecule has 2 aromatic heterocycles. The normalized spacial score (nSPS) is 24.9. The molecule has 4 atom stereocenters. The van der Waals surface area contributed by atoms with Gasteiger partial charge in [0.25, 0.3) is 0 Å². The summed E-state index contributed by atoms with van der Waals surface area (Å²) in [5, 5.41) is 28.9. The second-order valence-corrected chi connectivity index (χ2v) is 11.3.